The van der Waals surface area contributed by atoms with Crippen molar-refractivity contribution in [1.29, 1.82) is 0 Å². The van der Waals surface area contributed by atoms with E-state index in [0.717, 1.165) is 15.8 Å². The molecule has 0 aliphatic carbocycles. The van der Waals surface area contributed by atoms with Gasteiger partial charge < -0.3 is 9.40 Å². The van der Waals surface area contributed by atoms with Crippen LogP contribution in [-0.4, -0.2) is 4.98 Å². The Balaban J connectivity index is 2.59. The molecule has 0 fully saturated rings. The molecule has 0 radical (unpaired) electrons. The maximum Gasteiger partial charge on any atom is 0.250 e. The lowest BCUT2D eigenvalue weighted by Crippen LogP contribution is -2.07. The molecule has 0 saturated heterocycles. The highest BCUT2D eigenvalue weighted by molar-refractivity contribution is 9.10. The first kappa shape index (κ1) is 9.27. The molecule has 0 atom stereocenters. The molecule has 0 aliphatic heterocycles. The molecule has 2 rings (SSSR count). The highest BCUT2D eigenvalue weighted by Gasteiger charge is 2.07. The summed E-state index contributed by atoms with van der Waals surface area (Å²) in [6, 6.07) is 3.61. The van der Waals surface area contributed by atoms with Gasteiger partial charge in [-0.2, -0.15) is 0 Å². The molecule has 0 amide bonds. The summed E-state index contributed by atoms with van der Waals surface area (Å²) in [5, 5.41) is 0. The van der Waals surface area contributed by atoms with Gasteiger partial charge in [0, 0.05) is 17.3 Å². The van der Waals surface area contributed by atoms with Crippen molar-refractivity contribution in [3.63, 3.8) is 0 Å². The average Bonchev–Trinajstić information content (AvgIpc) is 2.57. The molecule has 14 heavy (non-hydrogen) atoms. The number of hydrogen-bond acceptors (Lipinski definition) is 2. The highest BCUT2D eigenvalue weighted by Crippen LogP contribution is 2.28. The summed E-state index contributed by atoms with van der Waals surface area (Å²) in [6.45, 7) is 1.76. The number of aromatic amines is 1. The van der Waals surface area contributed by atoms with Gasteiger partial charge in [0.25, 0.3) is 5.56 Å². The first-order valence-corrected chi connectivity index (χ1v) is 4.90. The third-order valence-corrected chi connectivity index (χ3v) is 2.59. The number of nitrogens with one attached hydrogen (secondary N) is 1. The Kier molecular flexibility index (Phi) is 2.29. The van der Waals surface area contributed by atoms with Crippen LogP contribution in [0.5, 0.6) is 0 Å². The fourth-order valence-electron chi connectivity index (χ4n) is 1.23. The molecular formula is C10H8BrNO2. The van der Waals surface area contributed by atoms with Crippen molar-refractivity contribution in [1.82, 2.24) is 4.98 Å². The van der Waals surface area contributed by atoms with Gasteiger partial charge in [0.2, 0.25) is 0 Å². The van der Waals surface area contributed by atoms with E-state index < -0.39 is 0 Å². The second kappa shape index (κ2) is 3.46. The molecular weight excluding hydrogens is 246 g/mol. The topological polar surface area (TPSA) is 46.0 Å². The molecule has 0 saturated carbocycles. The maximum atomic E-state index is 11.1. The van der Waals surface area contributed by atoms with E-state index in [2.05, 4.69) is 20.9 Å². The summed E-state index contributed by atoms with van der Waals surface area (Å²) in [4.78, 5) is 13.8. The first-order chi connectivity index (χ1) is 6.68. The molecule has 0 unspecified atom stereocenters. The van der Waals surface area contributed by atoms with Gasteiger partial charge >= 0.3 is 0 Å². The Hall–Kier alpha value is -1.29. The van der Waals surface area contributed by atoms with E-state index in [9.17, 15) is 4.79 Å². The number of halogens is 1. The smallest absolute Gasteiger partial charge is 0.250 e. The molecule has 0 bridgehead atoms. The lowest BCUT2D eigenvalue weighted by Gasteiger charge is -1.98. The molecule has 0 spiro atoms. The fraction of sp³-hybridized carbons (Fsp3) is 0.100. The molecule has 1 N–H and O–H groups in total. The fourth-order valence-corrected chi connectivity index (χ4v) is 1.66. The van der Waals surface area contributed by atoms with Crippen molar-refractivity contribution in [2.45, 2.75) is 6.92 Å². The summed E-state index contributed by atoms with van der Waals surface area (Å²) in [7, 11) is 0. The molecule has 2 aromatic rings. The number of furan rings is 1. The number of aromatic nitrogens is 1. The van der Waals surface area contributed by atoms with Crippen molar-refractivity contribution in [2.24, 2.45) is 0 Å². The SMILES string of the molecule is Cc1cc(-c2occc2Br)c[nH]c1=O. The van der Waals surface area contributed by atoms with Gasteiger partial charge in [-0.3, -0.25) is 4.79 Å². The van der Waals surface area contributed by atoms with E-state index >= 15 is 0 Å². The van der Waals surface area contributed by atoms with E-state index in [1.54, 1.807) is 25.5 Å². The number of pyridine rings is 1. The quantitative estimate of drug-likeness (QED) is 0.850. The minimum atomic E-state index is -0.0728. The zero-order valence-electron chi connectivity index (χ0n) is 7.50. The predicted octanol–water partition coefficient (Wildman–Crippen LogP) is 2.71. The molecule has 2 heterocycles. The van der Waals surface area contributed by atoms with Crippen LogP contribution >= 0.6 is 15.9 Å². The molecule has 72 valence electrons. The molecule has 2 aromatic heterocycles. The van der Waals surface area contributed by atoms with E-state index in [0.29, 0.717) is 5.56 Å². The van der Waals surface area contributed by atoms with E-state index in [4.69, 9.17) is 4.42 Å². The number of aryl methyl sites for hydroxylation is 1. The van der Waals surface area contributed by atoms with Crippen LogP contribution in [0.1, 0.15) is 5.56 Å². The standard InChI is InChI=1S/C10H8BrNO2/c1-6-4-7(5-12-10(6)13)9-8(11)2-3-14-9/h2-5H,1H3,(H,12,13). The maximum absolute atomic E-state index is 11.1. The molecule has 0 aliphatic rings. The summed E-state index contributed by atoms with van der Waals surface area (Å²) in [6.07, 6.45) is 3.23. The van der Waals surface area contributed by atoms with Crippen LogP contribution in [0.4, 0.5) is 0 Å². The summed E-state index contributed by atoms with van der Waals surface area (Å²) in [5.41, 5.74) is 1.46. The lowest BCUT2D eigenvalue weighted by atomic mass is 10.2. The Morgan fingerprint density at radius 3 is 2.86 bits per heavy atom. The third kappa shape index (κ3) is 1.53. The zero-order valence-corrected chi connectivity index (χ0v) is 9.09. The van der Waals surface area contributed by atoms with Gasteiger partial charge in [-0.15, -0.1) is 0 Å². The Bertz CT molecular complexity index is 513. The lowest BCUT2D eigenvalue weighted by molar-refractivity contribution is 0.581. The van der Waals surface area contributed by atoms with E-state index in [1.165, 1.54) is 0 Å². The van der Waals surface area contributed by atoms with Gasteiger partial charge in [-0.25, -0.2) is 0 Å². The molecule has 4 heteroatoms. The monoisotopic (exact) mass is 253 g/mol. The average molecular weight is 254 g/mol. The van der Waals surface area contributed by atoms with Crippen molar-refractivity contribution in [3.8, 4) is 11.3 Å². The Morgan fingerprint density at radius 1 is 1.50 bits per heavy atom. The van der Waals surface area contributed by atoms with Crippen molar-refractivity contribution < 1.29 is 4.42 Å². The number of H-pyrrole nitrogens is 1. The minimum absolute atomic E-state index is 0.0728. The first-order valence-electron chi connectivity index (χ1n) is 4.11. The van der Waals surface area contributed by atoms with E-state index in [1.807, 2.05) is 6.07 Å². The van der Waals surface area contributed by atoms with Crippen LogP contribution in [0.3, 0.4) is 0 Å². The van der Waals surface area contributed by atoms with Crippen LogP contribution in [0, 0.1) is 6.92 Å². The third-order valence-electron chi connectivity index (χ3n) is 1.97. The van der Waals surface area contributed by atoms with Crippen molar-refractivity contribution >= 4 is 15.9 Å². The van der Waals surface area contributed by atoms with Crippen LogP contribution in [0.2, 0.25) is 0 Å². The van der Waals surface area contributed by atoms with Gasteiger partial charge in [-0.05, 0) is 35.0 Å². The zero-order chi connectivity index (χ0) is 10.1. The van der Waals surface area contributed by atoms with E-state index in [-0.39, 0.29) is 5.56 Å². The number of rotatable bonds is 1. The molecule has 3 nitrogen and oxygen atoms in total. The summed E-state index contributed by atoms with van der Waals surface area (Å²) >= 11 is 3.36. The van der Waals surface area contributed by atoms with Crippen LogP contribution in [-0.2, 0) is 0 Å². The van der Waals surface area contributed by atoms with Crippen molar-refractivity contribution in [2.75, 3.05) is 0 Å². The van der Waals surface area contributed by atoms with Crippen LogP contribution in [0.25, 0.3) is 11.3 Å². The minimum Gasteiger partial charge on any atom is -0.463 e. The van der Waals surface area contributed by atoms with Gasteiger partial charge in [0.1, 0.15) is 5.76 Å². The van der Waals surface area contributed by atoms with Gasteiger partial charge in [0.05, 0.1) is 10.7 Å². The van der Waals surface area contributed by atoms with Crippen LogP contribution in [0.15, 0.2) is 38.3 Å². The summed E-state index contributed by atoms with van der Waals surface area (Å²) in [5.74, 6) is 0.726. The summed E-state index contributed by atoms with van der Waals surface area (Å²) < 4.78 is 6.15. The second-order valence-corrected chi connectivity index (χ2v) is 3.85. The van der Waals surface area contributed by atoms with Gasteiger partial charge in [0.15, 0.2) is 0 Å². The normalized spacial score (nSPS) is 10.4. The molecule has 0 aromatic carbocycles. The Labute approximate surface area is 88.9 Å². The largest absolute Gasteiger partial charge is 0.463 e. The predicted molar refractivity (Wildman–Crippen MR) is 57.2 cm³/mol. The second-order valence-electron chi connectivity index (χ2n) is 3.00. The number of hydrogen-bond donors (Lipinski definition) is 1. The Morgan fingerprint density at radius 2 is 2.29 bits per heavy atom. The van der Waals surface area contributed by atoms with Gasteiger partial charge in [-0.1, -0.05) is 0 Å². The van der Waals surface area contributed by atoms with Crippen LogP contribution < -0.4 is 5.56 Å². The van der Waals surface area contributed by atoms with Crippen molar-refractivity contribution in [3.05, 3.63) is 45.0 Å². The highest BCUT2D eigenvalue weighted by atomic mass is 79.9.